The molecule has 1 N–H and O–H groups in total. The minimum atomic E-state index is -0.640. The molecule has 0 unspecified atom stereocenters. The fourth-order valence-electron chi connectivity index (χ4n) is 1.92. The van der Waals surface area contributed by atoms with Crippen LogP contribution < -0.4 is 5.32 Å². The van der Waals surface area contributed by atoms with Crippen molar-refractivity contribution in [1.29, 1.82) is 0 Å². The Bertz CT molecular complexity index is 644. The molecule has 5 nitrogen and oxygen atoms in total. The molecule has 0 saturated carbocycles. The van der Waals surface area contributed by atoms with E-state index < -0.39 is 12.1 Å². The zero-order valence-corrected chi connectivity index (χ0v) is 13.2. The molecule has 0 fully saturated rings. The Labute approximate surface area is 135 Å². The predicted octanol–water partition coefficient (Wildman–Crippen LogP) is 3.28. The highest BCUT2D eigenvalue weighted by Crippen LogP contribution is 2.09. The number of nitrogens with zero attached hydrogens (tertiary/aromatic N) is 1. The minimum absolute atomic E-state index is 0.178. The summed E-state index contributed by atoms with van der Waals surface area (Å²) in [6.07, 6.45) is -0.537. The van der Waals surface area contributed by atoms with Crippen LogP contribution >= 0.6 is 0 Å². The number of ether oxygens (including phenoxy) is 1. The second-order valence-electron chi connectivity index (χ2n) is 5.18. The summed E-state index contributed by atoms with van der Waals surface area (Å²) in [5.74, 6) is -0.268. The van der Waals surface area contributed by atoms with E-state index in [0.717, 1.165) is 5.56 Å². The average Bonchev–Trinajstić information content (AvgIpc) is 2.60. The van der Waals surface area contributed by atoms with Gasteiger partial charge in [-0.2, -0.15) is 0 Å². The topological polar surface area (TPSA) is 58.6 Å². The van der Waals surface area contributed by atoms with Gasteiger partial charge in [-0.15, -0.1) is 0 Å². The van der Waals surface area contributed by atoms with Crippen molar-refractivity contribution in [3.05, 3.63) is 66.2 Å². The lowest BCUT2D eigenvalue weighted by Gasteiger charge is -2.23. The Morgan fingerprint density at radius 3 is 2.22 bits per heavy atom. The summed E-state index contributed by atoms with van der Waals surface area (Å²) < 4.78 is 5.22. The first-order chi connectivity index (χ1) is 11.1. The molecule has 0 aromatic heterocycles. The first-order valence-electron chi connectivity index (χ1n) is 7.37. The summed E-state index contributed by atoms with van der Waals surface area (Å²) >= 11 is 0. The van der Waals surface area contributed by atoms with Crippen molar-refractivity contribution in [2.45, 2.75) is 19.6 Å². The second kappa shape index (κ2) is 7.98. The van der Waals surface area contributed by atoms with Gasteiger partial charge in [-0.05, 0) is 24.6 Å². The van der Waals surface area contributed by atoms with Gasteiger partial charge in [-0.1, -0.05) is 48.5 Å². The van der Waals surface area contributed by atoms with Crippen LogP contribution in [0, 0.1) is 0 Å². The maximum absolute atomic E-state index is 12.2. The Balaban J connectivity index is 1.86. The zero-order valence-electron chi connectivity index (χ0n) is 13.2. The van der Waals surface area contributed by atoms with Gasteiger partial charge in [0.05, 0.1) is 0 Å². The number of para-hydroxylation sites is 1. The molecule has 2 aromatic carbocycles. The van der Waals surface area contributed by atoms with E-state index in [4.69, 9.17) is 4.74 Å². The van der Waals surface area contributed by atoms with Gasteiger partial charge in [0.25, 0.3) is 0 Å². The quantitative estimate of drug-likeness (QED) is 0.921. The van der Waals surface area contributed by atoms with E-state index >= 15 is 0 Å². The Morgan fingerprint density at radius 2 is 1.61 bits per heavy atom. The molecule has 0 bridgehead atoms. The van der Waals surface area contributed by atoms with Gasteiger partial charge in [-0.3, -0.25) is 9.69 Å². The Kier molecular flexibility index (Phi) is 5.74. The molecule has 2 amide bonds. The van der Waals surface area contributed by atoms with Crippen LogP contribution in [0.1, 0.15) is 12.5 Å². The maximum atomic E-state index is 12.2. The monoisotopic (exact) mass is 312 g/mol. The first-order valence-corrected chi connectivity index (χ1v) is 7.37. The molecule has 120 valence electrons. The number of carbonyl (C=O) groups is 2. The summed E-state index contributed by atoms with van der Waals surface area (Å²) in [5, 5.41) is 2.76. The summed E-state index contributed by atoms with van der Waals surface area (Å²) in [6, 6.07) is 17.9. The van der Waals surface area contributed by atoms with E-state index in [1.165, 1.54) is 4.90 Å². The van der Waals surface area contributed by atoms with Gasteiger partial charge < -0.3 is 10.1 Å². The largest absolute Gasteiger partial charge is 0.445 e. The lowest BCUT2D eigenvalue weighted by molar-refractivity contribution is -0.120. The highest BCUT2D eigenvalue weighted by atomic mass is 16.6. The lowest BCUT2D eigenvalue weighted by atomic mass is 10.2. The first kappa shape index (κ1) is 16.5. The molecule has 0 radical (unpaired) electrons. The fraction of sp³-hybridized carbons (Fsp3) is 0.222. The highest BCUT2D eigenvalue weighted by Gasteiger charge is 2.23. The van der Waals surface area contributed by atoms with E-state index in [1.54, 1.807) is 26.1 Å². The van der Waals surface area contributed by atoms with Crippen molar-refractivity contribution in [3.8, 4) is 0 Å². The van der Waals surface area contributed by atoms with Crippen molar-refractivity contribution in [2.75, 3.05) is 12.4 Å². The van der Waals surface area contributed by atoms with E-state index in [9.17, 15) is 9.59 Å². The molecule has 0 aliphatic heterocycles. The summed E-state index contributed by atoms with van der Waals surface area (Å²) in [4.78, 5) is 25.5. The van der Waals surface area contributed by atoms with Crippen LogP contribution in [0.15, 0.2) is 60.7 Å². The van der Waals surface area contributed by atoms with E-state index in [2.05, 4.69) is 5.32 Å². The van der Waals surface area contributed by atoms with Crippen molar-refractivity contribution in [3.63, 3.8) is 0 Å². The van der Waals surface area contributed by atoms with E-state index in [0.29, 0.717) is 5.69 Å². The third kappa shape index (κ3) is 4.85. The van der Waals surface area contributed by atoms with E-state index in [-0.39, 0.29) is 12.5 Å². The number of amides is 2. The van der Waals surface area contributed by atoms with Crippen molar-refractivity contribution >= 4 is 17.7 Å². The molecule has 0 heterocycles. The van der Waals surface area contributed by atoms with Gasteiger partial charge in [0.15, 0.2) is 0 Å². The Hall–Kier alpha value is -2.82. The highest BCUT2D eigenvalue weighted by molar-refractivity contribution is 5.96. The third-order valence-corrected chi connectivity index (χ3v) is 3.49. The molecule has 2 rings (SSSR count). The molecule has 0 aliphatic rings. The summed E-state index contributed by atoms with van der Waals surface area (Å²) in [5.41, 5.74) is 1.59. The van der Waals surface area contributed by atoms with Crippen molar-refractivity contribution < 1.29 is 14.3 Å². The number of rotatable bonds is 5. The van der Waals surface area contributed by atoms with Crippen LogP contribution in [0.2, 0.25) is 0 Å². The molecular formula is C18H20N2O3. The molecule has 0 spiro atoms. The molecule has 0 saturated heterocycles. The van der Waals surface area contributed by atoms with Gasteiger partial charge >= 0.3 is 6.09 Å². The number of benzene rings is 2. The molecule has 0 aliphatic carbocycles. The number of anilines is 1. The second-order valence-corrected chi connectivity index (χ2v) is 5.18. The van der Waals surface area contributed by atoms with Gasteiger partial charge in [0.1, 0.15) is 12.6 Å². The number of nitrogens with one attached hydrogen (secondary N) is 1. The molecule has 2 aromatic rings. The van der Waals surface area contributed by atoms with Crippen LogP contribution in [0.4, 0.5) is 10.5 Å². The lowest BCUT2D eigenvalue weighted by Crippen LogP contribution is -2.43. The minimum Gasteiger partial charge on any atom is -0.445 e. The van der Waals surface area contributed by atoms with Crippen LogP contribution in [-0.2, 0) is 16.1 Å². The number of carbonyl (C=O) groups excluding carboxylic acids is 2. The van der Waals surface area contributed by atoms with Crippen LogP contribution in [0.3, 0.4) is 0 Å². The van der Waals surface area contributed by atoms with Gasteiger partial charge in [-0.25, -0.2) is 4.79 Å². The standard InChI is InChI=1S/C18H20N2O3/c1-14(17(21)19-16-11-7-4-8-12-16)20(2)18(22)23-13-15-9-5-3-6-10-15/h3-12,14H,13H2,1-2H3,(H,19,21)/t14-/m0/s1. The van der Waals surface area contributed by atoms with Gasteiger partial charge in [0, 0.05) is 12.7 Å². The smallest absolute Gasteiger partial charge is 0.410 e. The van der Waals surface area contributed by atoms with Crippen molar-refractivity contribution in [1.82, 2.24) is 4.90 Å². The van der Waals surface area contributed by atoms with Gasteiger partial charge in [0.2, 0.25) is 5.91 Å². The SMILES string of the molecule is C[C@@H](C(=O)Nc1ccccc1)N(C)C(=O)OCc1ccccc1. The van der Waals surface area contributed by atoms with Crippen LogP contribution in [-0.4, -0.2) is 30.0 Å². The molecular weight excluding hydrogens is 292 g/mol. The van der Waals surface area contributed by atoms with Crippen molar-refractivity contribution in [2.24, 2.45) is 0 Å². The average molecular weight is 312 g/mol. The van der Waals surface area contributed by atoms with Crippen LogP contribution in [0.5, 0.6) is 0 Å². The van der Waals surface area contributed by atoms with Crippen LogP contribution in [0.25, 0.3) is 0 Å². The summed E-state index contributed by atoms with van der Waals surface area (Å²) in [6.45, 7) is 1.83. The maximum Gasteiger partial charge on any atom is 0.410 e. The fourth-order valence-corrected chi connectivity index (χ4v) is 1.92. The molecule has 23 heavy (non-hydrogen) atoms. The van der Waals surface area contributed by atoms with E-state index in [1.807, 2.05) is 48.5 Å². The predicted molar refractivity (Wildman–Crippen MR) is 88.9 cm³/mol. The molecule has 5 heteroatoms. The normalized spacial score (nSPS) is 11.4. The number of hydrogen-bond acceptors (Lipinski definition) is 3. The summed E-state index contributed by atoms with van der Waals surface area (Å²) in [7, 11) is 1.54. The number of hydrogen-bond donors (Lipinski definition) is 1. The third-order valence-electron chi connectivity index (χ3n) is 3.49. The Morgan fingerprint density at radius 1 is 1.04 bits per heavy atom. The zero-order chi connectivity index (χ0) is 16.7. The molecule has 1 atom stereocenters. The number of likely N-dealkylation sites (N-methyl/N-ethyl adjacent to an activating group) is 1.